The average molecular weight is 232 g/mol. The molecule has 1 rings (SSSR count). The van der Waals surface area contributed by atoms with E-state index in [0.29, 0.717) is 12.2 Å². The van der Waals surface area contributed by atoms with E-state index in [1.165, 1.54) is 5.57 Å². The molecule has 0 radical (unpaired) electrons. The van der Waals surface area contributed by atoms with Crippen LogP contribution < -0.4 is 0 Å². The quantitative estimate of drug-likeness (QED) is 0.656. The molecule has 0 N–H and O–H groups in total. The van der Waals surface area contributed by atoms with Gasteiger partial charge in [0.05, 0.1) is 0 Å². The van der Waals surface area contributed by atoms with Gasteiger partial charge in [0, 0.05) is 11.8 Å². The fourth-order valence-electron chi connectivity index (χ4n) is 2.12. The molecule has 0 aromatic carbocycles. The molecule has 0 spiro atoms. The van der Waals surface area contributed by atoms with Crippen molar-refractivity contribution in [1.29, 1.82) is 0 Å². The van der Waals surface area contributed by atoms with E-state index in [-0.39, 0.29) is 10.8 Å². The summed E-state index contributed by atoms with van der Waals surface area (Å²) >= 11 is 0. The molecule has 1 nitrogen and oxygen atoms in total. The standard InChI is InChI=1S/C16H24O/c1-7-15(3,4)10-8-13-12(2)14(17)9-11-16(13,5)6/h7-8,10H,1,9,11H2,2-6H3/b10-8+. The number of hydrogen-bond donors (Lipinski definition) is 0. The molecule has 17 heavy (non-hydrogen) atoms. The van der Waals surface area contributed by atoms with Crippen molar-refractivity contribution in [1.82, 2.24) is 0 Å². The third kappa shape index (κ3) is 3.18. The monoisotopic (exact) mass is 232 g/mol. The van der Waals surface area contributed by atoms with E-state index in [2.05, 4.69) is 46.4 Å². The van der Waals surface area contributed by atoms with Gasteiger partial charge in [-0.25, -0.2) is 0 Å². The first-order valence-electron chi connectivity index (χ1n) is 6.27. The Bertz CT molecular complexity index is 392. The van der Waals surface area contributed by atoms with E-state index in [4.69, 9.17) is 0 Å². The molecule has 0 aromatic rings. The molecule has 0 aromatic heterocycles. The van der Waals surface area contributed by atoms with E-state index < -0.39 is 0 Å². The van der Waals surface area contributed by atoms with Gasteiger partial charge in [0.1, 0.15) is 0 Å². The highest BCUT2D eigenvalue weighted by molar-refractivity contribution is 5.97. The minimum Gasteiger partial charge on any atom is -0.295 e. The first-order chi connectivity index (χ1) is 7.69. The van der Waals surface area contributed by atoms with Crippen molar-refractivity contribution in [3.63, 3.8) is 0 Å². The van der Waals surface area contributed by atoms with Gasteiger partial charge in [0.25, 0.3) is 0 Å². The summed E-state index contributed by atoms with van der Waals surface area (Å²) in [6, 6.07) is 0. The Hall–Kier alpha value is -1.11. The maximum Gasteiger partial charge on any atom is 0.158 e. The largest absolute Gasteiger partial charge is 0.295 e. The SMILES string of the molecule is C=CC(C)(C)/C=C/C1=C(C)C(=O)CCC1(C)C. The number of hydrogen-bond acceptors (Lipinski definition) is 1. The van der Waals surface area contributed by atoms with Crippen LogP contribution in [0.5, 0.6) is 0 Å². The van der Waals surface area contributed by atoms with E-state index in [1.54, 1.807) is 0 Å². The fraction of sp³-hybridized carbons (Fsp3) is 0.562. The van der Waals surface area contributed by atoms with Gasteiger partial charge >= 0.3 is 0 Å². The van der Waals surface area contributed by atoms with Gasteiger partial charge in [0.2, 0.25) is 0 Å². The summed E-state index contributed by atoms with van der Waals surface area (Å²) < 4.78 is 0. The summed E-state index contributed by atoms with van der Waals surface area (Å²) in [4.78, 5) is 11.8. The number of rotatable bonds is 3. The van der Waals surface area contributed by atoms with Crippen LogP contribution in [0.15, 0.2) is 36.0 Å². The Morgan fingerprint density at radius 3 is 2.47 bits per heavy atom. The third-order valence-corrected chi connectivity index (χ3v) is 3.73. The Balaban J connectivity index is 3.13. The van der Waals surface area contributed by atoms with Crippen LogP contribution in [-0.4, -0.2) is 5.78 Å². The first kappa shape index (κ1) is 14.0. The Labute approximate surface area is 105 Å². The molecular formula is C16H24O. The maximum atomic E-state index is 11.8. The highest BCUT2D eigenvalue weighted by Crippen LogP contribution is 2.40. The molecule has 94 valence electrons. The van der Waals surface area contributed by atoms with Crippen LogP contribution in [-0.2, 0) is 4.79 Å². The van der Waals surface area contributed by atoms with Crippen LogP contribution in [0.3, 0.4) is 0 Å². The van der Waals surface area contributed by atoms with Crippen molar-refractivity contribution >= 4 is 5.78 Å². The van der Waals surface area contributed by atoms with Crippen LogP contribution >= 0.6 is 0 Å². The highest BCUT2D eigenvalue weighted by atomic mass is 16.1. The Morgan fingerprint density at radius 1 is 1.35 bits per heavy atom. The van der Waals surface area contributed by atoms with Crippen LogP contribution in [0.4, 0.5) is 0 Å². The van der Waals surface area contributed by atoms with Gasteiger partial charge in [-0.05, 0) is 29.9 Å². The molecule has 0 unspecified atom stereocenters. The smallest absolute Gasteiger partial charge is 0.158 e. The van der Waals surface area contributed by atoms with Crippen LogP contribution in [0.1, 0.15) is 47.5 Å². The molecule has 1 aliphatic rings. The molecule has 1 heteroatoms. The maximum absolute atomic E-state index is 11.8. The van der Waals surface area contributed by atoms with E-state index >= 15 is 0 Å². The summed E-state index contributed by atoms with van der Waals surface area (Å²) in [5.41, 5.74) is 2.19. The van der Waals surface area contributed by atoms with Gasteiger partial charge in [-0.1, -0.05) is 45.9 Å². The lowest BCUT2D eigenvalue weighted by Gasteiger charge is -2.32. The first-order valence-corrected chi connectivity index (χ1v) is 6.27. The average Bonchev–Trinajstić information content (AvgIpc) is 2.24. The Morgan fingerprint density at radius 2 is 1.94 bits per heavy atom. The second-order valence-electron chi connectivity index (χ2n) is 6.20. The van der Waals surface area contributed by atoms with Crippen molar-refractivity contribution in [3.8, 4) is 0 Å². The number of Topliss-reactive ketones (excluding diaryl/α,β-unsaturated/α-hetero) is 1. The second kappa shape index (κ2) is 4.64. The predicted molar refractivity (Wildman–Crippen MR) is 73.8 cm³/mol. The molecule has 0 bridgehead atoms. The molecule has 0 saturated heterocycles. The molecule has 0 aliphatic heterocycles. The second-order valence-corrected chi connectivity index (χ2v) is 6.20. The molecular weight excluding hydrogens is 208 g/mol. The van der Waals surface area contributed by atoms with Gasteiger partial charge in [0.15, 0.2) is 5.78 Å². The van der Waals surface area contributed by atoms with Gasteiger partial charge in [-0.2, -0.15) is 0 Å². The lowest BCUT2D eigenvalue weighted by molar-refractivity contribution is -0.116. The fourth-order valence-corrected chi connectivity index (χ4v) is 2.12. The Kier molecular flexibility index (Phi) is 3.81. The van der Waals surface area contributed by atoms with Crippen molar-refractivity contribution in [2.24, 2.45) is 10.8 Å². The topological polar surface area (TPSA) is 17.1 Å². The van der Waals surface area contributed by atoms with Crippen molar-refractivity contribution < 1.29 is 4.79 Å². The van der Waals surface area contributed by atoms with E-state index in [1.807, 2.05) is 13.0 Å². The van der Waals surface area contributed by atoms with Crippen molar-refractivity contribution in [2.45, 2.75) is 47.5 Å². The summed E-state index contributed by atoms with van der Waals surface area (Å²) in [5.74, 6) is 0.292. The molecule has 0 atom stereocenters. The molecule has 0 amide bonds. The van der Waals surface area contributed by atoms with Crippen molar-refractivity contribution in [2.75, 3.05) is 0 Å². The number of carbonyl (C=O) groups is 1. The lowest BCUT2D eigenvalue weighted by Crippen LogP contribution is -2.24. The summed E-state index contributed by atoms with van der Waals surface area (Å²) in [5, 5.41) is 0. The zero-order chi connectivity index (χ0) is 13.3. The zero-order valence-corrected chi connectivity index (χ0v) is 11.8. The molecule has 0 saturated carbocycles. The number of allylic oxidation sites excluding steroid dienone is 5. The van der Waals surface area contributed by atoms with Gasteiger partial charge in [-0.15, -0.1) is 6.58 Å². The minimum absolute atomic E-state index is 0.0240. The summed E-state index contributed by atoms with van der Waals surface area (Å²) in [7, 11) is 0. The van der Waals surface area contributed by atoms with E-state index in [0.717, 1.165) is 12.0 Å². The van der Waals surface area contributed by atoms with Crippen molar-refractivity contribution in [3.05, 3.63) is 36.0 Å². The van der Waals surface area contributed by atoms with Gasteiger partial charge < -0.3 is 0 Å². The number of carbonyl (C=O) groups excluding carboxylic acids is 1. The van der Waals surface area contributed by atoms with E-state index in [9.17, 15) is 4.79 Å². The highest BCUT2D eigenvalue weighted by Gasteiger charge is 2.30. The third-order valence-electron chi connectivity index (χ3n) is 3.73. The predicted octanol–water partition coefficient (Wildman–Crippen LogP) is 4.46. The van der Waals surface area contributed by atoms with Crippen LogP contribution in [0, 0.1) is 10.8 Å². The molecule has 0 fully saturated rings. The zero-order valence-electron chi connectivity index (χ0n) is 11.8. The lowest BCUT2D eigenvalue weighted by atomic mass is 9.71. The van der Waals surface area contributed by atoms with Crippen LogP contribution in [0.25, 0.3) is 0 Å². The number of ketones is 1. The summed E-state index contributed by atoms with van der Waals surface area (Å²) in [6.07, 6.45) is 7.81. The minimum atomic E-state index is -0.0240. The van der Waals surface area contributed by atoms with Crippen LogP contribution in [0.2, 0.25) is 0 Å². The molecule has 1 aliphatic carbocycles. The summed E-state index contributed by atoms with van der Waals surface area (Å²) in [6.45, 7) is 14.4. The normalized spacial score (nSPS) is 21.1. The van der Waals surface area contributed by atoms with Gasteiger partial charge in [-0.3, -0.25) is 4.79 Å². The molecule has 0 heterocycles.